The number of allylic oxidation sites excluding steroid dienone is 2. The largest absolute Gasteiger partial charge is 0.345 e. The molecule has 3 heteroatoms. The van der Waals surface area contributed by atoms with Gasteiger partial charge in [0.05, 0.1) is 5.03 Å². The summed E-state index contributed by atoms with van der Waals surface area (Å²) in [5.74, 6) is -0.818. The van der Waals surface area contributed by atoms with Crippen LogP contribution >= 0.6 is 11.6 Å². The number of halogens is 1. The van der Waals surface area contributed by atoms with Crippen molar-refractivity contribution in [3.63, 3.8) is 0 Å². The maximum absolute atomic E-state index is 5.78. The van der Waals surface area contributed by atoms with Crippen molar-refractivity contribution in [2.75, 3.05) is 14.2 Å². The van der Waals surface area contributed by atoms with E-state index in [1.165, 1.54) is 0 Å². The molecule has 0 fully saturated rings. The van der Waals surface area contributed by atoms with Crippen LogP contribution in [0.2, 0.25) is 0 Å². The SMILES string of the molecule is COC1(OC)C=CC=C1Cl. The Labute approximate surface area is 65.1 Å². The van der Waals surface area contributed by atoms with Crippen LogP contribution in [0.5, 0.6) is 0 Å². The lowest BCUT2D eigenvalue weighted by Gasteiger charge is -2.23. The van der Waals surface area contributed by atoms with E-state index in [1.807, 2.05) is 0 Å². The van der Waals surface area contributed by atoms with Crippen LogP contribution in [-0.2, 0) is 9.47 Å². The summed E-state index contributed by atoms with van der Waals surface area (Å²) < 4.78 is 10.1. The van der Waals surface area contributed by atoms with Gasteiger partial charge in [0, 0.05) is 14.2 Å². The van der Waals surface area contributed by atoms with Crippen LogP contribution in [0.3, 0.4) is 0 Å². The molecule has 0 unspecified atom stereocenters. The number of hydrogen-bond acceptors (Lipinski definition) is 2. The predicted molar refractivity (Wildman–Crippen MR) is 39.8 cm³/mol. The van der Waals surface area contributed by atoms with Gasteiger partial charge in [-0.15, -0.1) is 0 Å². The molecule has 0 saturated carbocycles. The van der Waals surface area contributed by atoms with E-state index in [1.54, 1.807) is 32.4 Å². The summed E-state index contributed by atoms with van der Waals surface area (Å²) in [6, 6.07) is 0. The first kappa shape index (κ1) is 7.79. The van der Waals surface area contributed by atoms with Crippen LogP contribution in [0.1, 0.15) is 0 Å². The second-order valence-electron chi connectivity index (χ2n) is 1.95. The third kappa shape index (κ3) is 0.985. The zero-order valence-electron chi connectivity index (χ0n) is 5.93. The lowest BCUT2D eigenvalue weighted by Crippen LogP contribution is -2.29. The van der Waals surface area contributed by atoms with E-state index in [0.717, 1.165) is 0 Å². The Kier molecular flexibility index (Phi) is 2.14. The molecule has 1 rings (SSSR count). The molecule has 56 valence electrons. The highest BCUT2D eigenvalue weighted by Gasteiger charge is 2.32. The van der Waals surface area contributed by atoms with Crippen LogP contribution in [0.25, 0.3) is 0 Å². The van der Waals surface area contributed by atoms with Gasteiger partial charge in [-0.05, 0) is 12.2 Å². The maximum atomic E-state index is 5.78. The highest BCUT2D eigenvalue weighted by molar-refractivity contribution is 6.31. The molecule has 0 radical (unpaired) electrons. The number of hydrogen-bond donors (Lipinski definition) is 0. The molecule has 1 aliphatic rings. The first-order valence-corrected chi connectivity index (χ1v) is 3.29. The van der Waals surface area contributed by atoms with Gasteiger partial charge >= 0.3 is 0 Å². The summed E-state index contributed by atoms with van der Waals surface area (Å²) >= 11 is 5.78. The van der Waals surface area contributed by atoms with Crippen LogP contribution < -0.4 is 0 Å². The van der Waals surface area contributed by atoms with Crippen molar-refractivity contribution in [2.24, 2.45) is 0 Å². The molecule has 0 spiro atoms. The molecule has 0 N–H and O–H groups in total. The Morgan fingerprint density at radius 2 is 2.00 bits per heavy atom. The van der Waals surface area contributed by atoms with E-state index in [9.17, 15) is 0 Å². The Hall–Kier alpha value is -0.310. The second kappa shape index (κ2) is 2.74. The third-order valence-corrected chi connectivity index (χ3v) is 1.89. The van der Waals surface area contributed by atoms with Crippen molar-refractivity contribution in [3.8, 4) is 0 Å². The predicted octanol–water partition coefficient (Wildman–Crippen LogP) is 1.67. The maximum Gasteiger partial charge on any atom is 0.225 e. The summed E-state index contributed by atoms with van der Waals surface area (Å²) in [5.41, 5.74) is 0. The molecule has 0 amide bonds. The zero-order chi connectivity index (χ0) is 7.61. The molecule has 0 saturated heterocycles. The summed E-state index contributed by atoms with van der Waals surface area (Å²) in [5, 5.41) is 0.553. The Balaban J connectivity index is 2.84. The van der Waals surface area contributed by atoms with Gasteiger partial charge in [0.25, 0.3) is 0 Å². The number of ether oxygens (including phenoxy) is 2. The van der Waals surface area contributed by atoms with E-state index < -0.39 is 5.79 Å². The average Bonchev–Trinajstić information content (AvgIpc) is 2.32. The summed E-state index contributed by atoms with van der Waals surface area (Å²) in [6.45, 7) is 0. The number of methoxy groups -OCH3 is 2. The van der Waals surface area contributed by atoms with E-state index >= 15 is 0 Å². The lowest BCUT2D eigenvalue weighted by molar-refractivity contribution is -0.134. The molecular weight excluding hydrogens is 152 g/mol. The van der Waals surface area contributed by atoms with Crippen molar-refractivity contribution in [2.45, 2.75) is 5.79 Å². The third-order valence-electron chi connectivity index (χ3n) is 1.50. The van der Waals surface area contributed by atoms with Gasteiger partial charge in [0.2, 0.25) is 5.79 Å². The molecule has 0 aromatic heterocycles. The van der Waals surface area contributed by atoms with Gasteiger partial charge in [-0.2, -0.15) is 0 Å². The minimum atomic E-state index is -0.818. The quantitative estimate of drug-likeness (QED) is 0.573. The molecule has 0 aliphatic heterocycles. The van der Waals surface area contributed by atoms with E-state index in [2.05, 4.69) is 0 Å². The van der Waals surface area contributed by atoms with Crippen molar-refractivity contribution in [3.05, 3.63) is 23.3 Å². The number of rotatable bonds is 2. The zero-order valence-corrected chi connectivity index (χ0v) is 6.68. The molecule has 2 nitrogen and oxygen atoms in total. The summed E-state index contributed by atoms with van der Waals surface area (Å²) in [7, 11) is 3.10. The molecule has 0 bridgehead atoms. The van der Waals surface area contributed by atoms with Crippen molar-refractivity contribution in [1.82, 2.24) is 0 Å². The lowest BCUT2D eigenvalue weighted by atomic mass is 10.3. The molecule has 10 heavy (non-hydrogen) atoms. The molecule has 0 aromatic rings. The molecule has 0 aromatic carbocycles. The van der Waals surface area contributed by atoms with Crippen LogP contribution in [0.15, 0.2) is 23.3 Å². The van der Waals surface area contributed by atoms with E-state index in [0.29, 0.717) is 5.03 Å². The molecule has 1 aliphatic carbocycles. The Bertz CT molecular complexity index is 180. The van der Waals surface area contributed by atoms with Gasteiger partial charge < -0.3 is 9.47 Å². The van der Waals surface area contributed by atoms with Crippen LogP contribution in [0.4, 0.5) is 0 Å². The Morgan fingerprint density at radius 3 is 2.20 bits per heavy atom. The first-order chi connectivity index (χ1) is 4.75. The van der Waals surface area contributed by atoms with Crippen molar-refractivity contribution in [1.29, 1.82) is 0 Å². The van der Waals surface area contributed by atoms with Gasteiger partial charge in [0.1, 0.15) is 0 Å². The fraction of sp³-hybridized carbons (Fsp3) is 0.429. The van der Waals surface area contributed by atoms with Gasteiger partial charge in [-0.25, -0.2) is 0 Å². The molecule has 0 atom stereocenters. The van der Waals surface area contributed by atoms with Gasteiger partial charge in [-0.3, -0.25) is 0 Å². The van der Waals surface area contributed by atoms with Crippen LogP contribution in [-0.4, -0.2) is 20.0 Å². The Morgan fingerprint density at radius 1 is 1.40 bits per heavy atom. The van der Waals surface area contributed by atoms with E-state index in [-0.39, 0.29) is 0 Å². The highest BCUT2D eigenvalue weighted by atomic mass is 35.5. The van der Waals surface area contributed by atoms with Crippen molar-refractivity contribution >= 4 is 11.6 Å². The summed E-state index contributed by atoms with van der Waals surface area (Å²) in [4.78, 5) is 0. The summed E-state index contributed by atoms with van der Waals surface area (Å²) in [6.07, 6.45) is 5.30. The van der Waals surface area contributed by atoms with Crippen molar-refractivity contribution < 1.29 is 9.47 Å². The minimum absolute atomic E-state index is 0.553. The average molecular weight is 161 g/mol. The second-order valence-corrected chi connectivity index (χ2v) is 2.36. The topological polar surface area (TPSA) is 18.5 Å². The molecular formula is C7H9ClO2. The van der Waals surface area contributed by atoms with Gasteiger partial charge in [0.15, 0.2) is 0 Å². The fourth-order valence-corrected chi connectivity index (χ4v) is 1.16. The minimum Gasteiger partial charge on any atom is -0.345 e. The molecule has 0 heterocycles. The first-order valence-electron chi connectivity index (χ1n) is 2.91. The smallest absolute Gasteiger partial charge is 0.225 e. The standard InChI is InChI=1S/C7H9ClO2/c1-9-7(10-2)5-3-4-6(7)8/h3-5H,1-2H3. The normalized spacial score (nSPS) is 21.3. The van der Waals surface area contributed by atoms with Gasteiger partial charge in [-0.1, -0.05) is 17.7 Å². The van der Waals surface area contributed by atoms with Crippen LogP contribution in [0, 0.1) is 0 Å². The fourth-order valence-electron chi connectivity index (χ4n) is 0.869. The monoisotopic (exact) mass is 160 g/mol. The van der Waals surface area contributed by atoms with E-state index in [4.69, 9.17) is 21.1 Å². The highest BCUT2D eigenvalue weighted by Crippen LogP contribution is 2.31.